The SMILES string of the molecule is c1ccc2c(c1)sc1ccc3[nH]c4c5ccccc5c5ccccc5c4c3c12. The molecule has 0 spiro atoms. The van der Waals surface area contributed by atoms with Crippen molar-refractivity contribution in [3.8, 4) is 0 Å². The summed E-state index contributed by atoms with van der Waals surface area (Å²) in [6.07, 6.45) is 0. The molecule has 0 aliphatic heterocycles. The molecule has 0 saturated carbocycles. The van der Waals surface area contributed by atoms with Gasteiger partial charge in [-0.3, -0.25) is 0 Å². The van der Waals surface area contributed by atoms with Crippen molar-refractivity contribution in [2.45, 2.75) is 0 Å². The van der Waals surface area contributed by atoms with Crippen LogP contribution in [0.4, 0.5) is 0 Å². The number of H-pyrrole nitrogens is 1. The first kappa shape index (κ1) is 14.7. The van der Waals surface area contributed by atoms with Crippen LogP contribution in [0.5, 0.6) is 0 Å². The maximum absolute atomic E-state index is 3.76. The second-order valence-electron chi connectivity index (χ2n) is 7.43. The molecule has 0 aliphatic rings. The molecule has 0 saturated heterocycles. The van der Waals surface area contributed by atoms with E-state index in [0.717, 1.165) is 0 Å². The normalized spacial score (nSPS) is 12.3. The molecule has 7 rings (SSSR count). The molecule has 28 heavy (non-hydrogen) atoms. The van der Waals surface area contributed by atoms with Crippen molar-refractivity contribution >= 4 is 74.9 Å². The lowest BCUT2D eigenvalue weighted by molar-refractivity contribution is 1.57. The van der Waals surface area contributed by atoms with Crippen LogP contribution < -0.4 is 0 Å². The third kappa shape index (κ3) is 1.71. The van der Waals surface area contributed by atoms with Crippen LogP contribution in [0.25, 0.3) is 63.5 Å². The van der Waals surface area contributed by atoms with Gasteiger partial charge in [0.05, 0.1) is 5.52 Å². The van der Waals surface area contributed by atoms with E-state index < -0.39 is 0 Å². The molecule has 0 aliphatic carbocycles. The molecule has 1 nitrogen and oxygen atoms in total. The first-order valence-electron chi connectivity index (χ1n) is 9.55. The number of aromatic nitrogens is 1. The number of aromatic amines is 1. The molecular formula is C26H15NS. The molecule has 0 atom stereocenters. The number of hydrogen-bond acceptors (Lipinski definition) is 1. The van der Waals surface area contributed by atoms with Crippen molar-refractivity contribution < 1.29 is 0 Å². The molecule has 0 bridgehead atoms. The van der Waals surface area contributed by atoms with E-state index in [1.165, 1.54) is 63.5 Å². The summed E-state index contributed by atoms with van der Waals surface area (Å²) in [5.74, 6) is 0. The minimum atomic E-state index is 1.22. The van der Waals surface area contributed by atoms with Gasteiger partial charge in [-0.15, -0.1) is 11.3 Å². The van der Waals surface area contributed by atoms with Gasteiger partial charge in [-0.1, -0.05) is 66.7 Å². The van der Waals surface area contributed by atoms with E-state index in [1.54, 1.807) is 0 Å². The van der Waals surface area contributed by atoms with E-state index in [1.807, 2.05) is 11.3 Å². The third-order valence-corrected chi connectivity index (χ3v) is 7.12. The fourth-order valence-electron chi connectivity index (χ4n) is 4.85. The van der Waals surface area contributed by atoms with Crippen molar-refractivity contribution in [3.63, 3.8) is 0 Å². The lowest BCUT2D eigenvalue weighted by Crippen LogP contribution is -1.81. The Morgan fingerprint density at radius 3 is 1.93 bits per heavy atom. The van der Waals surface area contributed by atoms with Crippen LogP contribution in [0.2, 0.25) is 0 Å². The average Bonchev–Trinajstić information content (AvgIpc) is 3.32. The zero-order chi connectivity index (χ0) is 18.2. The van der Waals surface area contributed by atoms with Gasteiger partial charge in [0.25, 0.3) is 0 Å². The molecule has 2 heterocycles. The lowest BCUT2D eigenvalue weighted by atomic mass is 9.95. The van der Waals surface area contributed by atoms with Crippen LogP contribution >= 0.6 is 11.3 Å². The summed E-state index contributed by atoms with van der Waals surface area (Å²) in [4.78, 5) is 3.76. The highest BCUT2D eigenvalue weighted by atomic mass is 32.1. The summed E-state index contributed by atoms with van der Waals surface area (Å²) in [7, 11) is 0. The molecule has 2 heteroatoms. The number of benzene rings is 5. The van der Waals surface area contributed by atoms with E-state index in [-0.39, 0.29) is 0 Å². The van der Waals surface area contributed by atoms with Crippen molar-refractivity contribution in [2.24, 2.45) is 0 Å². The number of fused-ring (bicyclic) bond motifs is 12. The van der Waals surface area contributed by atoms with Crippen molar-refractivity contribution in [3.05, 3.63) is 84.9 Å². The topological polar surface area (TPSA) is 15.8 Å². The first-order valence-corrected chi connectivity index (χ1v) is 10.4. The average molecular weight is 373 g/mol. The van der Waals surface area contributed by atoms with Gasteiger partial charge < -0.3 is 4.98 Å². The van der Waals surface area contributed by atoms with Crippen molar-refractivity contribution in [1.29, 1.82) is 0 Å². The van der Waals surface area contributed by atoms with E-state index in [2.05, 4.69) is 89.9 Å². The van der Waals surface area contributed by atoms with Crippen LogP contribution in [0.3, 0.4) is 0 Å². The molecule has 7 aromatic rings. The van der Waals surface area contributed by atoms with E-state index in [9.17, 15) is 0 Å². The summed E-state index contributed by atoms with van der Waals surface area (Å²) >= 11 is 1.88. The van der Waals surface area contributed by atoms with Crippen LogP contribution in [-0.2, 0) is 0 Å². The highest BCUT2D eigenvalue weighted by molar-refractivity contribution is 7.26. The van der Waals surface area contributed by atoms with Crippen LogP contribution in [-0.4, -0.2) is 4.98 Å². The molecular weight excluding hydrogens is 358 g/mol. The number of nitrogens with one attached hydrogen (secondary N) is 1. The predicted molar refractivity (Wildman–Crippen MR) is 124 cm³/mol. The van der Waals surface area contributed by atoms with Crippen LogP contribution in [0, 0.1) is 0 Å². The van der Waals surface area contributed by atoms with Crippen LogP contribution in [0.15, 0.2) is 84.9 Å². The quantitative estimate of drug-likeness (QED) is 0.259. The maximum Gasteiger partial charge on any atom is 0.0551 e. The highest BCUT2D eigenvalue weighted by Gasteiger charge is 2.17. The Morgan fingerprint density at radius 1 is 0.464 bits per heavy atom. The predicted octanol–water partition coefficient (Wildman–Crippen LogP) is 8.00. The van der Waals surface area contributed by atoms with Gasteiger partial charge in [-0.05, 0) is 34.4 Å². The molecule has 0 fully saturated rings. The van der Waals surface area contributed by atoms with Gasteiger partial charge in [0, 0.05) is 41.8 Å². The Hall–Kier alpha value is -3.36. The summed E-state index contributed by atoms with van der Waals surface area (Å²) in [5.41, 5.74) is 2.46. The van der Waals surface area contributed by atoms with Gasteiger partial charge in [0.15, 0.2) is 0 Å². The van der Waals surface area contributed by atoms with Crippen molar-refractivity contribution in [1.82, 2.24) is 4.98 Å². The summed E-state index contributed by atoms with van der Waals surface area (Å²) in [5, 5.41) is 10.7. The number of thiophene rings is 1. The Morgan fingerprint density at radius 2 is 1.11 bits per heavy atom. The minimum absolute atomic E-state index is 1.22. The minimum Gasteiger partial charge on any atom is -0.354 e. The van der Waals surface area contributed by atoms with Gasteiger partial charge in [-0.2, -0.15) is 0 Å². The lowest BCUT2D eigenvalue weighted by Gasteiger charge is -2.07. The second kappa shape index (κ2) is 5.12. The van der Waals surface area contributed by atoms with Gasteiger partial charge in [0.2, 0.25) is 0 Å². The molecule has 1 N–H and O–H groups in total. The fraction of sp³-hybridized carbons (Fsp3) is 0. The van der Waals surface area contributed by atoms with Crippen molar-refractivity contribution in [2.75, 3.05) is 0 Å². The zero-order valence-corrected chi connectivity index (χ0v) is 15.8. The molecule has 130 valence electrons. The van der Waals surface area contributed by atoms with E-state index in [4.69, 9.17) is 0 Å². The summed E-state index contributed by atoms with van der Waals surface area (Å²) in [6.45, 7) is 0. The molecule has 2 aromatic heterocycles. The summed E-state index contributed by atoms with van der Waals surface area (Å²) < 4.78 is 2.70. The third-order valence-electron chi connectivity index (χ3n) is 5.99. The molecule has 0 radical (unpaired) electrons. The summed E-state index contributed by atoms with van der Waals surface area (Å²) in [6, 6.07) is 30.8. The highest BCUT2D eigenvalue weighted by Crippen LogP contribution is 2.45. The Kier molecular flexibility index (Phi) is 2.68. The Labute approximate surface area is 164 Å². The smallest absolute Gasteiger partial charge is 0.0551 e. The fourth-order valence-corrected chi connectivity index (χ4v) is 5.96. The van der Waals surface area contributed by atoms with E-state index >= 15 is 0 Å². The van der Waals surface area contributed by atoms with Crippen LogP contribution in [0.1, 0.15) is 0 Å². The standard InChI is InChI=1S/C26H15NS/c1-3-9-17-15(7-1)16-8-2-4-10-18(16)26-24(17)25-20(27-26)13-14-22-23(25)19-11-5-6-12-21(19)28-22/h1-14,27H. The first-order chi connectivity index (χ1) is 13.9. The molecule has 0 amide bonds. The maximum atomic E-state index is 3.76. The largest absolute Gasteiger partial charge is 0.354 e. The van der Waals surface area contributed by atoms with Gasteiger partial charge >= 0.3 is 0 Å². The van der Waals surface area contributed by atoms with E-state index in [0.29, 0.717) is 0 Å². The number of rotatable bonds is 0. The second-order valence-corrected chi connectivity index (χ2v) is 8.51. The molecule has 0 unspecified atom stereocenters. The van der Waals surface area contributed by atoms with Gasteiger partial charge in [-0.25, -0.2) is 0 Å². The number of hydrogen-bond donors (Lipinski definition) is 1. The Bertz CT molecular complexity index is 1720. The molecule has 5 aromatic carbocycles. The Balaban J connectivity index is 1.90. The monoisotopic (exact) mass is 373 g/mol. The zero-order valence-electron chi connectivity index (χ0n) is 15.0. The van der Waals surface area contributed by atoms with Gasteiger partial charge in [0.1, 0.15) is 0 Å².